The number of aromatic nitrogens is 2. The molecular weight excluding hydrogens is 193 g/mol. The van der Waals surface area contributed by atoms with Crippen LogP contribution in [0.25, 0.3) is 0 Å². The molecule has 0 aliphatic carbocycles. The van der Waals surface area contributed by atoms with Gasteiger partial charge in [-0.2, -0.15) is 18.3 Å². The Morgan fingerprint density at radius 1 is 1.36 bits per heavy atom. The Kier molecular flexibility index (Phi) is 2.87. The minimum atomic E-state index is -4.33. The van der Waals surface area contributed by atoms with Crippen molar-refractivity contribution in [2.45, 2.75) is 33.4 Å². The van der Waals surface area contributed by atoms with Gasteiger partial charge in [0, 0.05) is 5.56 Å². The summed E-state index contributed by atoms with van der Waals surface area (Å²) in [6.07, 6.45) is -3.93. The standard InChI is InChI=1S/C9H13F3N2/c1-5(2)4-7-6(3)13-14-8(7)9(10,11)12/h5H,4H2,1-3H3,(H,13,14). The molecule has 1 aromatic heterocycles. The lowest BCUT2D eigenvalue weighted by Crippen LogP contribution is -2.10. The number of nitrogens with one attached hydrogen (secondary N) is 1. The van der Waals surface area contributed by atoms with Gasteiger partial charge in [0.1, 0.15) is 5.69 Å². The molecule has 0 spiro atoms. The van der Waals surface area contributed by atoms with Crippen LogP contribution in [-0.4, -0.2) is 10.2 Å². The van der Waals surface area contributed by atoms with Crippen molar-refractivity contribution in [1.82, 2.24) is 10.2 Å². The summed E-state index contributed by atoms with van der Waals surface area (Å²) in [5, 5.41) is 5.64. The molecule has 0 aliphatic heterocycles. The van der Waals surface area contributed by atoms with Gasteiger partial charge in [0.05, 0.1) is 5.69 Å². The lowest BCUT2D eigenvalue weighted by atomic mass is 10.0. The van der Waals surface area contributed by atoms with Gasteiger partial charge in [-0.3, -0.25) is 5.10 Å². The van der Waals surface area contributed by atoms with Crippen LogP contribution in [0.15, 0.2) is 0 Å². The first-order valence-electron chi connectivity index (χ1n) is 4.43. The molecule has 0 saturated carbocycles. The van der Waals surface area contributed by atoms with Crippen molar-refractivity contribution >= 4 is 0 Å². The van der Waals surface area contributed by atoms with Crippen LogP contribution in [0.4, 0.5) is 13.2 Å². The average molecular weight is 206 g/mol. The fourth-order valence-corrected chi connectivity index (χ4v) is 1.35. The summed E-state index contributed by atoms with van der Waals surface area (Å²) in [6.45, 7) is 5.35. The van der Waals surface area contributed by atoms with E-state index in [1.54, 1.807) is 6.92 Å². The monoisotopic (exact) mass is 206 g/mol. The number of halogens is 3. The van der Waals surface area contributed by atoms with Crippen LogP contribution >= 0.6 is 0 Å². The lowest BCUT2D eigenvalue weighted by Gasteiger charge is -2.09. The van der Waals surface area contributed by atoms with Gasteiger partial charge in [-0.25, -0.2) is 0 Å². The van der Waals surface area contributed by atoms with Crippen LogP contribution in [0, 0.1) is 12.8 Å². The first kappa shape index (κ1) is 11.1. The second kappa shape index (κ2) is 3.63. The van der Waals surface area contributed by atoms with Crippen molar-refractivity contribution in [3.05, 3.63) is 17.0 Å². The molecule has 0 unspecified atom stereocenters. The second-order valence-electron chi connectivity index (χ2n) is 3.76. The number of nitrogens with zero attached hydrogens (tertiary/aromatic N) is 1. The normalized spacial score (nSPS) is 12.5. The summed E-state index contributed by atoms with van der Waals surface area (Å²) >= 11 is 0. The summed E-state index contributed by atoms with van der Waals surface area (Å²) < 4.78 is 37.3. The largest absolute Gasteiger partial charge is 0.433 e. The zero-order chi connectivity index (χ0) is 10.9. The summed E-state index contributed by atoms with van der Waals surface area (Å²) in [7, 11) is 0. The third kappa shape index (κ3) is 2.27. The summed E-state index contributed by atoms with van der Waals surface area (Å²) in [6, 6.07) is 0. The van der Waals surface area contributed by atoms with Crippen molar-refractivity contribution < 1.29 is 13.2 Å². The highest BCUT2D eigenvalue weighted by molar-refractivity contribution is 5.26. The molecule has 0 radical (unpaired) electrons. The molecule has 14 heavy (non-hydrogen) atoms. The van der Waals surface area contributed by atoms with Crippen LogP contribution in [-0.2, 0) is 12.6 Å². The van der Waals surface area contributed by atoms with Gasteiger partial charge in [0.25, 0.3) is 0 Å². The quantitative estimate of drug-likeness (QED) is 0.791. The van der Waals surface area contributed by atoms with E-state index in [9.17, 15) is 13.2 Å². The molecule has 0 aromatic carbocycles. The topological polar surface area (TPSA) is 28.7 Å². The van der Waals surface area contributed by atoms with Crippen LogP contribution in [0.2, 0.25) is 0 Å². The number of aryl methyl sites for hydroxylation is 1. The van der Waals surface area contributed by atoms with Gasteiger partial charge < -0.3 is 0 Å². The van der Waals surface area contributed by atoms with Gasteiger partial charge in [0.2, 0.25) is 0 Å². The first-order chi connectivity index (χ1) is 6.32. The van der Waals surface area contributed by atoms with Crippen LogP contribution in [0.5, 0.6) is 0 Å². The maximum atomic E-state index is 12.4. The van der Waals surface area contributed by atoms with Crippen molar-refractivity contribution in [3.8, 4) is 0 Å². The third-order valence-corrected chi connectivity index (χ3v) is 1.97. The highest BCUT2D eigenvalue weighted by atomic mass is 19.4. The summed E-state index contributed by atoms with van der Waals surface area (Å²) in [4.78, 5) is 0. The Labute approximate surface area is 80.5 Å². The maximum Gasteiger partial charge on any atom is 0.433 e. The van der Waals surface area contributed by atoms with Crippen LogP contribution < -0.4 is 0 Å². The molecule has 1 aromatic rings. The molecule has 1 rings (SSSR count). The van der Waals surface area contributed by atoms with E-state index in [4.69, 9.17) is 0 Å². The molecule has 0 fully saturated rings. The maximum absolute atomic E-state index is 12.4. The Balaban J connectivity index is 3.06. The fraction of sp³-hybridized carbons (Fsp3) is 0.667. The summed E-state index contributed by atoms with van der Waals surface area (Å²) in [5.74, 6) is 0.187. The van der Waals surface area contributed by atoms with E-state index in [0.717, 1.165) is 0 Å². The average Bonchev–Trinajstić information content (AvgIpc) is 2.30. The second-order valence-corrected chi connectivity index (χ2v) is 3.76. The summed E-state index contributed by atoms with van der Waals surface area (Å²) in [5.41, 5.74) is 0.0159. The smallest absolute Gasteiger partial charge is 0.273 e. The van der Waals surface area contributed by atoms with E-state index < -0.39 is 11.9 Å². The molecule has 1 N–H and O–H groups in total. The zero-order valence-corrected chi connectivity index (χ0v) is 8.37. The number of alkyl halides is 3. The number of rotatable bonds is 2. The Bertz CT molecular complexity index is 312. The zero-order valence-electron chi connectivity index (χ0n) is 8.37. The number of aromatic amines is 1. The minimum absolute atomic E-state index is 0.187. The SMILES string of the molecule is Cc1n[nH]c(C(F)(F)F)c1CC(C)C. The highest BCUT2D eigenvalue weighted by Gasteiger charge is 2.36. The van der Waals surface area contributed by atoms with Crippen LogP contribution in [0.3, 0.4) is 0 Å². The van der Waals surface area contributed by atoms with Gasteiger partial charge >= 0.3 is 6.18 Å². The van der Waals surface area contributed by atoms with Gasteiger partial charge in [0.15, 0.2) is 0 Å². The van der Waals surface area contributed by atoms with Crippen molar-refractivity contribution in [2.75, 3.05) is 0 Å². The molecule has 0 aliphatic rings. The highest BCUT2D eigenvalue weighted by Crippen LogP contribution is 2.32. The number of H-pyrrole nitrogens is 1. The number of hydrogen-bond acceptors (Lipinski definition) is 1. The predicted molar refractivity (Wildman–Crippen MR) is 46.9 cm³/mol. The van der Waals surface area contributed by atoms with E-state index in [2.05, 4.69) is 5.10 Å². The molecule has 0 bridgehead atoms. The number of hydrogen-bond donors (Lipinski definition) is 1. The fourth-order valence-electron chi connectivity index (χ4n) is 1.35. The molecule has 80 valence electrons. The predicted octanol–water partition coefficient (Wildman–Crippen LogP) is 2.94. The van der Waals surface area contributed by atoms with E-state index in [-0.39, 0.29) is 11.5 Å². The van der Waals surface area contributed by atoms with E-state index in [1.165, 1.54) is 0 Å². The molecule has 5 heteroatoms. The van der Waals surface area contributed by atoms with Gasteiger partial charge in [-0.05, 0) is 19.3 Å². The molecule has 0 saturated heterocycles. The molecule has 1 heterocycles. The van der Waals surface area contributed by atoms with E-state index in [0.29, 0.717) is 12.1 Å². The lowest BCUT2D eigenvalue weighted by molar-refractivity contribution is -0.141. The Morgan fingerprint density at radius 3 is 2.36 bits per heavy atom. The molecule has 0 atom stereocenters. The van der Waals surface area contributed by atoms with Crippen molar-refractivity contribution in [3.63, 3.8) is 0 Å². The van der Waals surface area contributed by atoms with Crippen molar-refractivity contribution in [2.24, 2.45) is 5.92 Å². The van der Waals surface area contributed by atoms with Crippen molar-refractivity contribution in [1.29, 1.82) is 0 Å². The van der Waals surface area contributed by atoms with Gasteiger partial charge in [-0.15, -0.1) is 0 Å². The molecule has 2 nitrogen and oxygen atoms in total. The third-order valence-electron chi connectivity index (χ3n) is 1.97. The molecule has 0 amide bonds. The minimum Gasteiger partial charge on any atom is -0.273 e. The van der Waals surface area contributed by atoms with Crippen LogP contribution in [0.1, 0.15) is 30.8 Å². The van der Waals surface area contributed by atoms with E-state index in [1.807, 2.05) is 18.9 Å². The molecular formula is C9H13F3N2. The van der Waals surface area contributed by atoms with E-state index >= 15 is 0 Å². The Hall–Kier alpha value is -1.00. The Morgan fingerprint density at radius 2 is 1.93 bits per heavy atom. The van der Waals surface area contributed by atoms with Gasteiger partial charge in [-0.1, -0.05) is 13.8 Å². The first-order valence-corrected chi connectivity index (χ1v) is 4.43.